The van der Waals surface area contributed by atoms with Crippen molar-refractivity contribution in [3.63, 3.8) is 0 Å². The molecule has 6 N–H and O–H groups in total. The summed E-state index contributed by atoms with van der Waals surface area (Å²) in [5, 5.41) is 41.0. The van der Waals surface area contributed by atoms with Crippen molar-refractivity contribution < 1.29 is 53.6 Å². The lowest BCUT2D eigenvalue weighted by atomic mass is 9.46. The number of ether oxygens (including phenoxy) is 1. The van der Waals surface area contributed by atoms with E-state index in [1.807, 2.05) is 37.3 Å². The van der Waals surface area contributed by atoms with Gasteiger partial charge in [0.15, 0.2) is 17.9 Å². The number of amides is 5. The van der Waals surface area contributed by atoms with E-state index in [1.165, 1.54) is 25.6 Å². The van der Waals surface area contributed by atoms with Crippen LogP contribution < -0.4 is 16.0 Å². The van der Waals surface area contributed by atoms with Crippen LogP contribution in [0.3, 0.4) is 0 Å². The molecule has 11 atom stereocenters. The number of carbonyl (C=O) groups is 7. The first-order chi connectivity index (χ1) is 29.9. The van der Waals surface area contributed by atoms with Crippen LogP contribution in [-0.2, 0) is 38.3 Å². The molecule has 16 heteroatoms. The average Bonchev–Trinajstić information content (AvgIpc) is 3.73. The van der Waals surface area contributed by atoms with Gasteiger partial charge in [-0.3, -0.25) is 38.5 Å². The Morgan fingerprint density at radius 3 is 2.19 bits per heavy atom. The number of allylic oxidation sites excluding steroid dienone is 4. The molecular weight excluding hydrogens is 829 g/mol. The summed E-state index contributed by atoms with van der Waals surface area (Å²) in [5.41, 5.74) is 0.880. The molecule has 5 amide bonds. The lowest BCUT2D eigenvalue weighted by Crippen LogP contribution is -2.56. The lowest BCUT2D eigenvalue weighted by molar-refractivity contribution is -0.167. The highest BCUT2D eigenvalue weighted by atomic mass is 32.2. The number of fused-ring (bicyclic) bond motifs is 5. The number of hydrogen-bond donors (Lipinski definition) is 6. The van der Waals surface area contributed by atoms with E-state index in [1.54, 1.807) is 36.4 Å². The second-order valence-corrected chi connectivity index (χ2v) is 18.9. The third-order valence-electron chi connectivity index (χ3n) is 13.8. The van der Waals surface area contributed by atoms with E-state index in [9.17, 15) is 48.9 Å². The number of aliphatic hydroxyl groups is 3. The number of Topliss-reactive ketones (excluding diaryl/α,β-unsaturated/α-hetero) is 1. The molecule has 1 aliphatic heterocycles. The summed E-state index contributed by atoms with van der Waals surface area (Å²) in [6, 6.07) is 12.3. The molecule has 5 aliphatic rings. The van der Waals surface area contributed by atoms with Gasteiger partial charge in [0.2, 0.25) is 17.7 Å². The smallest absolute Gasteiger partial charge is 0.253 e. The Kier molecular flexibility index (Phi) is 13.4. The predicted molar refractivity (Wildman–Crippen MR) is 230 cm³/mol. The van der Waals surface area contributed by atoms with Crippen molar-refractivity contribution in [2.45, 2.75) is 100 Å². The number of nitrogens with one attached hydrogen (secondary N) is 3. The Morgan fingerprint density at radius 2 is 1.54 bits per heavy atom. The lowest BCUT2D eigenvalue weighted by Gasteiger charge is -2.58. The van der Waals surface area contributed by atoms with Crippen LogP contribution in [0.5, 0.6) is 0 Å². The molecule has 3 saturated carbocycles. The first kappa shape index (κ1) is 45.8. The van der Waals surface area contributed by atoms with Gasteiger partial charge in [-0.1, -0.05) is 49.4 Å². The van der Waals surface area contributed by atoms with Gasteiger partial charge >= 0.3 is 0 Å². The standard InChI is InChI=1S/C47H54N4O11S/c1-25(48-38(56)18-20-51-39(57)15-16-40(51)58)43(59)49-26(2)44(60)50-29-8-12-32(13-9-29)63-31-10-5-27(6-11-31)45(61)62-37-22-34-33-14-7-28-21-30(53)17-19-46(28,3)41(33)35(54)23-47(34,4)42(37)36(55)24-52/h5-6,8-13,15-17,19,21,25-26,33-35,37,41-42,45,52,54,61H,7,14,18,20,22-24H2,1-4H3,(H,48,56)(H,49,59)(H,50,60)/t25-,26-,33-,34?,35-,37?,41?,42-,45+,46-,47-/m0/s1. The van der Waals surface area contributed by atoms with Gasteiger partial charge in [-0.25, -0.2) is 0 Å². The van der Waals surface area contributed by atoms with Crippen molar-refractivity contribution in [3.8, 4) is 0 Å². The van der Waals surface area contributed by atoms with Gasteiger partial charge in [0.1, 0.15) is 18.7 Å². The summed E-state index contributed by atoms with van der Waals surface area (Å²) in [6.45, 7) is 6.27. The average molecular weight is 883 g/mol. The van der Waals surface area contributed by atoms with Gasteiger partial charge in [0.25, 0.3) is 11.8 Å². The number of hydrogen-bond acceptors (Lipinski definition) is 12. The second-order valence-electron chi connectivity index (χ2n) is 17.8. The molecular formula is C47H54N4O11S. The fraction of sp³-hybridized carbons (Fsp3) is 0.468. The monoisotopic (exact) mass is 882 g/mol. The summed E-state index contributed by atoms with van der Waals surface area (Å²) in [5.74, 6) is -3.86. The molecule has 3 unspecified atom stereocenters. The Hall–Kier alpha value is -5.26. The summed E-state index contributed by atoms with van der Waals surface area (Å²) < 4.78 is 6.32. The number of aliphatic hydroxyl groups excluding tert-OH is 3. The van der Waals surface area contributed by atoms with Crippen molar-refractivity contribution in [2.24, 2.45) is 34.5 Å². The van der Waals surface area contributed by atoms with Crippen LogP contribution in [0.15, 0.2) is 94.3 Å². The summed E-state index contributed by atoms with van der Waals surface area (Å²) >= 11 is 1.45. The molecule has 334 valence electrons. The molecule has 0 radical (unpaired) electrons. The third-order valence-corrected chi connectivity index (χ3v) is 14.8. The van der Waals surface area contributed by atoms with Gasteiger partial charge in [-0.05, 0) is 105 Å². The van der Waals surface area contributed by atoms with Crippen molar-refractivity contribution in [3.05, 3.63) is 90.0 Å². The Bertz CT molecular complexity index is 2240. The first-order valence-corrected chi connectivity index (χ1v) is 22.1. The molecule has 63 heavy (non-hydrogen) atoms. The highest BCUT2D eigenvalue weighted by Gasteiger charge is 2.65. The zero-order valence-electron chi connectivity index (χ0n) is 35.6. The van der Waals surface area contributed by atoms with Crippen LogP contribution in [0.4, 0.5) is 5.69 Å². The van der Waals surface area contributed by atoms with Crippen LogP contribution in [0, 0.1) is 34.5 Å². The number of benzene rings is 2. The largest absolute Gasteiger partial charge is 0.393 e. The number of imide groups is 1. The molecule has 3 fully saturated rings. The predicted octanol–water partition coefficient (Wildman–Crippen LogP) is 3.54. The number of ketones is 2. The third kappa shape index (κ3) is 9.36. The molecule has 2 aromatic carbocycles. The van der Waals surface area contributed by atoms with Gasteiger partial charge in [0, 0.05) is 57.5 Å². The fourth-order valence-corrected chi connectivity index (χ4v) is 11.5. The van der Waals surface area contributed by atoms with Crippen LogP contribution in [-0.4, -0.2) is 98.8 Å². The Labute approximate surface area is 369 Å². The number of carbonyl (C=O) groups excluding carboxylic acids is 7. The van der Waals surface area contributed by atoms with Crippen molar-refractivity contribution in [1.82, 2.24) is 15.5 Å². The van der Waals surface area contributed by atoms with E-state index in [4.69, 9.17) is 4.74 Å². The molecule has 0 bridgehead atoms. The minimum Gasteiger partial charge on any atom is -0.393 e. The second kappa shape index (κ2) is 18.5. The fourth-order valence-electron chi connectivity index (χ4n) is 10.7. The maximum Gasteiger partial charge on any atom is 0.253 e. The molecule has 7 rings (SSSR count). The van der Waals surface area contributed by atoms with E-state index < -0.39 is 83.5 Å². The molecule has 2 aromatic rings. The van der Waals surface area contributed by atoms with Crippen LogP contribution in [0.1, 0.15) is 71.7 Å². The highest BCUT2D eigenvalue weighted by Crippen LogP contribution is 2.66. The first-order valence-electron chi connectivity index (χ1n) is 21.3. The maximum atomic E-state index is 13.5. The summed E-state index contributed by atoms with van der Waals surface area (Å²) in [7, 11) is 0. The van der Waals surface area contributed by atoms with E-state index in [0.29, 0.717) is 30.5 Å². The normalized spacial score (nSPS) is 29.8. The quantitative estimate of drug-likeness (QED) is 0.112. The Morgan fingerprint density at radius 1 is 0.905 bits per heavy atom. The highest BCUT2D eigenvalue weighted by molar-refractivity contribution is 7.99. The molecule has 4 aliphatic carbocycles. The molecule has 0 aromatic heterocycles. The van der Waals surface area contributed by atoms with Gasteiger partial charge in [-0.2, -0.15) is 0 Å². The topological polar surface area (TPSA) is 229 Å². The van der Waals surface area contributed by atoms with Crippen LogP contribution in [0.2, 0.25) is 0 Å². The van der Waals surface area contributed by atoms with Gasteiger partial charge in [-0.15, -0.1) is 0 Å². The van der Waals surface area contributed by atoms with E-state index in [2.05, 4.69) is 22.9 Å². The van der Waals surface area contributed by atoms with Gasteiger partial charge < -0.3 is 36.0 Å². The van der Waals surface area contributed by atoms with Crippen molar-refractivity contribution in [1.29, 1.82) is 0 Å². The molecule has 1 heterocycles. The van der Waals surface area contributed by atoms with Crippen molar-refractivity contribution in [2.75, 3.05) is 18.5 Å². The molecule has 15 nitrogen and oxygen atoms in total. The minimum atomic E-state index is -1.35. The Balaban J connectivity index is 0.905. The van der Waals surface area contributed by atoms with Crippen LogP contribution >= 0.6 is 11.8 Å². The zero-order valence-corrected chi connectivity index (χ0v) is 36.4. The van der Waals surface area contributed by atoms with E-state index in [0.717, 1.165) is 38.8 Å². The minimum absolute atomic E-state index is 0.00883. The molecule has 0 saturated heterocycles. The number of anilines is 1. The van der Waals surface area contributed by atoms with E-state index in [-0.39, 0.29) is 42.3 Å². The maximum absolute atomic E-state index is 13.5. The number of rotatable bonds is 15. The number of nitrogens with zero attached hydrogens (tertiary/aromatic N) is 1. The molecule has 0 spiro atoms. The SMILES string of the molecule is C[C@H](NC(=O)CCN1C(=O)C=CC1=O)C(=O)N[C@@H](C)C(=O)Nc1ccc(Sc2ccc([C@H](O)OC3CC4[C@@H]5CCC6=CC(=O)C=C[C@]6(C)C5[C@@H](O)C[C@]4(C)[C@H]3C(=O)CO)cc2)cc1. The van der Waals surface area contributed by atoms with Crippen molar-refractivity contribution >= 4 is 58.6 Å². The van der Waals surface area contributed by atoms with Crippen LogP contribution in [0.25, 0.3) is 0 Å². The summed E-state index contributed by atoms with van der Waals surface area (Å²) in [6.07, 6.45) is 6.83. The van der Waals surface area contributed by atoms with E-state index >= 15 is 0 Å². The van der Waals surface area contributed by atoms with Gasteiger partial charge in [0.05, 0.1) is 18.1 Å². The summed E-state index contributed by atoms with van der Waals surface area (Å²) in [4.78, 5) is 89.6. The zero-order chi connectivity index (χ0) is 45.4.